The van der Waals surface area contributed by atoms with Gasteiger partial charge in [0.2, 0.25) is 0 Å². The summed E-state index contributed by atoms with van der Waals surface area (Å²) >= 11 is 0. The Kier molecular flexibility index (Phi) is 4.49. The second kappa shape index (κ2) is 5.59. The highest BCUT2D eigenvalue weighted by Gasteiger charge is 2.52. The summed E-state index contributed by atoms with van der Waals surface area (Å²) in [6, 6.07) is 0. The van der Waals surface area contributed by atoms with Crippen molar-refractivity contribution >= 4 is 5.97 Å². The van der Waals surface area contributed by atoms with Crippen molar-refractivity contribution in [3.63, 3.8) is 0 Å². The van der Waals surface area contributed by atoms with Crippen LogP contribution in [0.2, 0.25) is 0 Å². The minimum atomic E-state index is -0.268. The third-order valence-corrected chi connectivity index (χ3v) is 4.82. The quantitative estimate of drug-likeness (QED) is 0.605. The molecule has 2 heterocycles. The molecule has 23 heavy (non-hydrogen) atoms. The molecule has 0 amide bonds. The van der Waals surface area contributed by atoms with Gasteiger partial charge >= 0.3 is 5.97 Å². The fourth-order valence-electron chi connectivity index (χ4n) is 5.22. The molecule has 0 radical (unpaired) electrons. The Bertz CT molecular complexity index is 484. The number of rotatable bonds is 2. The van der Waals surface area contributed by atoms with Crippen LogP contribution in [0.3, 0.4) is 0 Å². The molecule has 0 aromatic rings. The van der Waals surface area contributed by atoms with Crippen LogP contribution in [0.1, 0.15) is 74.1 Å². The van der Waals surface area contributed by atoms with Gasteiger partial charge in [0.05, 0.1) is 0 Å². The van der Waals surface area contributed by atoms with E-state index in [-0.39, 0.29) is 34.2 Å². The number of nitrogens with one attached hydrogen (secondary N) is 2. The average molecular weight is 322 g/mol. The summed E-state index contributed by atoms with van der Waals surface area (Å²) in [6.07, 6.45) is 3.69. The molecule has 0 aliphatic carbocycles. The summed E-state index contributed by atoms with van der Waals surface area (Å²) in [4.78, 5) is 12.0. The Morgan fingerprint density at radius 1 is 0.957 bits per heavy atom. The normalized spacial score (nSPS) is 30.7. The zero-order valence-corrected chi connectivity index (χ0v) is 15.9. The molecule has 4 heteroatoms. The van der Waals surface area contributed by atoms with Crippen LogP contribution >= 0.6 is 0 Å². The number of carbonyl (C=O) groups excluding carboxylic acids is 1. The Morgan fingerprint density at radius 2 is 1.48 bits per heavy atom. The van der Waals surface area contributed by atoms with E-state index >= 15 is 0 Å². The molecule has 4 nitrogen and oxygen atoms in total. The SMILES string of the molecule is C=C(C)C(=O)OC1CC(C)(C)NC2(C1)CC(C)(C)NC(C)(C)C2. The molecule has 2 aliphatic rings. The molecule has 1 atom stereocenters. The van der Waals surface area contributed by atoms with E-state index < -0.39 is 0 Å². The maximum Gasteiger partial charge on any atom is 0.333 e. The van der Waals surface area contributed by atoms with Crippen LogP contribution in [0.25, 0.3) is 0 Å². The Balaban J connectivity index is 2.26. The lowest BCUT2D eigenvalue weighted by Gasteiger charge is -2.58. The number of esters is 1. The molecule has 2 N–H and O–H groups in total. The predicted octanol–water partition coefficient (Wildman–Crippen LogP) is 3.32. The molecule has 0 aromatic carbocycles. The van der Waals surface area contributed by atoms with Crippen LogP contribution in [0.4, 0.5) is 0 Å². The van der Waals surface area contributed by atoms with Gasteiger partial charge in [0.25, 0.3) is 0 Å². The van der Waals surface area contributed by atoms with Crippen molar-refractivity contribution in [1.82, 2.24) is 10.6 Å². The Labute approximate surface area is 141 Å². The molecular formula is C19H34N2O2. The van der Waals surface area contributed by atoms with E-state index in [1.54, 1.807) is 6.92 Å². The second-order valence-electron chi connectivity index (χ2n) is 9.75. The van der Waals surface area contributed by atoms with Crippen LogP contribution in [0.5, 0.6) is 0 Å². The fourth-order valence-corrected chi connectivity index (χ4v) is 5.22. The monoisotopic (exact) mass is 322 g/mol. The van der Waals surface area contributed by atoms with E-state index in [0.717, 1.165) is 25.7 Å². The number of hydrogen-bond acceptors (Lipinski definition) is 4. The van der Waals surface area contributed by atoms with Crippen LogP contribution in [0, 0.1) is 0 Å². The van der Waals surface area contributed by atoms with Crippen molar-refractivity contribution in [2.24, 2.45) is 0 Å². The number of hydrogen-bond donors (Lipinski definition) is 2. The summed E-state index contributed by atoms with van der Waals surface area (Å²) in [5, 5.41) is 7.64. The molecule has 1 unspecified atom stereocenters. The lowest BCUT2D eigenvalue weighted by Crippen LogP contribution is -2.72. The van der Waals surface area contributed by atoms with Gasteiger partial charge < -0.3 is 15.4 Å². The highest BCUT2D eigenvalue weighted by Crippen LogP contribution is 2.44. The zero-order valence-electron chi connectivity index (χ0n) is 15.9. The van der Waals surface area contributed by atoms with Crippen LogP contribution in [-0.2, 0) is 9.53 Å². The molecule has 0 aromatic heterocycles. The zero-order chi connectivity index (χ0) is 17.7. The van der Waals surface area contributed by atoms with Crippen LogP contribution in [0.15, 0.2) is 12.2 Å². The summed E-state index contributed by atoms with van der Waals surface area (Å²) in [5.74, 6) is -0.268. The summed E-state index contributed by atoms with van der Waals surface area (Å²) in [5.41, 5.74) is 0.499. The highest BCUT2D eigenvalue weighted by atomic mass is 16.5. The smallest absolute Gasteiger partial charge is 0.333 e. The van der Waals surface area contributed by atoms with E-state index in [1.165, 1.54) is 0 Å². The molecular weight excluding hydrogens is 288 g/mol. The molecule has 0 bridgehead atoms. The van der Waals surface area contributed by atoms with Crippen molar-refractivity contribution in [3.8, 4) is 0 Å². The minimum absolute atomic E-state index is 0.0139. The molecule has 132 valence electrons. The van der Waals surface area contributed by atoms with Gasteiger partial charge in [0.15, 0.2) is 0 Å². The largest absolute Gasteiger partial charge is 0.459 e. The van der Waals surface area contributed by atoms with Gasteiger partial charge in [0.1, 0.15) is 6.10 Å². The lowest BCUT2D eigenvalue weighted by molar-refractivity contribution is -0.150. The standard InChI is InChI=1S/C19H34N2O2/c1-13(2)15(22)23-14-9-16(3,4)21-19(10-14)11-17(5,6)20-18(7,8)12-19/h14,20-21H,1,9-12H2,2-8H3. The molecule has 2 fully saturated rings. The average Bonchev–Trinajstić information content (AvgIpc) is 2.19. The van der Waals surface area contributed by atoms with Crippen molar-refractivity contribution < 1.29 is 9.53 Å². The first-order chi connectivity index (χ1) is 10.2. The highest BCUT2D eigenvalue weighted by molar-refractivity contribution is 5.87. The van der Waals surface area contributed by atoms with E-state index in [1.807, 2.05) is 0 Å². The van der Waals surface area contributed by atoms with Gasteiger partial charge in [-0.3, -0.25) is 0 Å². The fraction of sp³-hybridized carbons (Fsp3) is 0.842. The lowest BCUT2D eigenvalue weighted by atomic mass is 9.65. The van der Waals surface area contributed by atoms with Crippen molar-refractivity contribution in [3.05, 3.63) is 12.2 Å². The van der Waals surface area contributed by atoms with Gasteiger partial charge in [-0.1, -0.05) is 6.58 Å². The van der Waals surface area contributed by atoms with E-state index in [4.69, 9.17) is 4.74 Å². The first-order valence-corrected chi connectivity index (χ1v) is 8.69. The van der Waals surface area contributed by atoms with Crippen molar-refractivity contribution in [2.75, 3.05) is 0 Å². The first-order valence-electron chi connectivity index (χ1n) is 8.69. The number of carbonyl (C=O) groups is 1. The van der Waals surface area contributed by atoms with Gasteiger partial charge in [0, 0.05) is 40.6 Å². The minimum Gasteiger partial charge on any atom is -0.459 e. The van der Waals surface area contributed by atoms with Crippen LogP contribution < -0.4 is 10.6 Å². The summed E-state index contributed by atoms with van der Waals surface area (Å²) in [6.45, 7) is 18.9. The predicted molar refractivity (Wildman–Crippen MR) is 94.4 cm³/mol. The third kappa shape index (κ3) is 4.57. The second-order valence-corrected chi connectivity index (χ2v) is 9.75. The van der Waals surface area contributed by atoms with E-state index in [2.05, 4.69) is 58.8 Å². The molecule has 2 aliphatic heterocycles. The maximum atomic E-state index is 12.0. The van der Waals surface area contributed by atoms with E-state index in [0.29, 0.717) is 5.57 Å². The molecule has 2 saturated heterocycles. The van der Waals surface area contributed by atoms with Crippen molar-refractivity contribution in [1.29, 1.82) is 0 Å². The molecule has 1 spiro atoms. The van der Waals surface area contributed by atoms with E-state index in [9.17, 15) is 4.79 Å². The topological polar surface area (TPSA) is 50.4 Å². The van der Waals surface area contributed by atoms with Crippen molar-refractivity contribution in [2.45, 2.75) is 102 Å². The van der Waals surface area contributed by atoms with Gasteiger partial charge in [-0.05, 0) is 61.3 Å². The Hall–Kier alpha value is -0.870. The number of piperidine rings is 2. The third-order valence-electron chi connectivity index (χ3n) is 4.82. The van der Waals surface area contributed by atoms with Crippen LogP contribution in [-0.4, -0.2) is 34.2 Å². The molecule has 0 saturated carbocycles. The van der Waals surface area contributed by atoms with Gasteiger partial charge in [-0.15, -0.1) is 0 Å². The van der Waals surface area contributed by atoms with Gasteiger partial charge in [-0.2, -0.15) is 0 Å². The first kappa shape index (κ1) is 18.5. The maximum absolute atomic E-state index is 12.0. The molecule has 2 rings (SSSR count). The van der Waals surface area contributed by atoms with Gasteiger partial charge in [-0.25, -0.2) is 4.79 Å². The summed E-state index contributed by atoms with van der Waals surface area (Å²) < 4.78 is 5.75. The summed E-state index contributed by atoms with van der Waals surface area (Å²) in [7, 11) is 0. The number of ether oxygens (including phenoxy) is 1. The Morgan fingerprint density at radius 3 is 1.96 bits per heavy atom.